The molecule has 1 rings (SSSR count). The highest BCUT2D eigenvalue weighted by molar-refractivity contribution is 14.1. The topological polar surface area (TPSA) is 40.5 Å². The minimum Gasteiger partial charge on any atom is -0.478 e. The lowest BCUT2D eigenvalue weighted by atomic mass is 10.2. The van der Waals surface area contributed by atoms with Crippen molar-refractivity contribution < 1.29 is 9.90 Å². The Bertz CT molecular complexity index is 318. The van der Waals surface area contributed by atoms with Crippen molar-refractivity contribution in [2.24, 2.45) is 0 Å². The van der Waals surface area contributed by atoms with Crippen LogP contribution in [0.5, 0.6) is 0 Å². The number of rotatable bonds is 2. The molecule has 70 valence electrons. The molecule has 0 radical (unpaired) electrons. The van der Waals surface area contributed by atoms with Gasteiger partial charge >= 0.3 is 5.97 Å². The van der Waals surface area contributed by atoms with E-state index < -0.39 is 5.97 Å². The number of carboxylic acids is 1. The molecule has 13 heavy (non-hydrogen) atoms. The van der Waals surface area contributed by atoms with E-state index in [-0.39, 0.29) is 0 Å². The Balaban J connectivity index is 3.02. The van der Waals surface area contributed by atoms with E-state index in [1.807, 2.05) is 11.8 Å². The lowest BCUT2D eigenvalue weighted by molar-refractivity contribution is -0.132. The molecule has 0 aliphatic carbocycles. The van der Waals surface area contributed by atoms with Crippen molar-refractivity contribution in [2.45, 2.75) is 6.92 Å². The maximum absolute atomic E-state index is 10.7. The maximum Gasteiger partial charge on any atom is 0.337 e. The van der Waals surface area contributed by atoms with E-state index in [9.17, 15) is 4.79 Å². The highest BCUT2D eigenvalue weighted by Gasteiger charge is 2.16. The van der Waals surface area contributed by atoms with Crippen LogP contribution in [-0.2, 0) is 4.79 Å². The number of hydrogen-bond donors (Lipinski definition) is 1. The summed E-state index contributed by atoms with van der Waals surface area (Å²) in [5, 5.41) is 8.78. The van der Waals surface area contributed by atoms with Gasteiger partial charge < -0.3 is 10.0 Å². The number of likely N-dealkylation sites (N-methyl/N-ethyl adjacent to an activating group) is 1. The summed E-state index contributed by atoms with van der Waals surface area (Å²) in [5.41, 5.74) is 1.16. The number of allylic oxidation sites excluding steroid dienone is 1. The van der Waals surface area contributed by atoms with Gasteiger partial charge in [0.1, 0.15) is 0 Å². The molecule has 0 aromatic heterocycles. The van der Waals surface area contributed by atoms with Gasteiger partial charge in [0.05, 0.1) is 5.57 Å². The molecule has 0 spiro atoms. The third-order valence-corrected chi connectivity index (χ3v) is 2.72. The SMILES string of the molecule is C=C1C(I)=CC(C(=O)O)=CN1CC. The van der Waals surface area contributed by atoms with Gasteiger partial charge in [0.15, 0.2) is 0 Å². The number of carbonyl (C=O) groups is 1. The van der Waals surface area contributed by atoms with E-state index >= 15 is 0 Å². The molecule has 0 aromatic carbocycles. The lowest BCUT2D eigenvalue weighted by Gasteiger charge is -2.24. The molecule has 0 bridgehead atoms. The summed E-state index contributed by atoms with van der Waals surface area (Å²) in [6.07, 6.45) is 3.23. The van der Waals surface area contributed by atoms with Gasteiger partial charge in [-0.1, -0.05) is 6.58 Å². The summed E-state index contributed by atoms with van der Waals surface area (Å²) in [4.78, 5) is 12.5. The van der Waals surface area contributed by atoms with Crippen LogP contribution in [0.2, 0.25) is 0 Å². The quantitative estimate of drug-likeness (QED) is 0.792. The van der Waals surface area contributed by atoms with Crippen LogP contribution in [0.25, 0.3) is 0 Å². The van der Waals surface area contributed by atoms with Crippen LogP contribution < -0.4 is 0 Å². The van der Waals surface area contributed by atoms with Gasteiger partial charge in [-0.25, -0.2) is 4.79 Å². The molecular formula is C9H10INO2. The zero-order valence-corrected chi connectivity index (χ0v) is 9.41. The van der Waals surface area contributed by atoms with Crippen molar-refractivity contribution >= 4 is 28.6 Å². The highest BCUT2D eigenvalue weighted by Crippen LogP contribution is 2.27. The van der Waals surface area contributed by atoms with E-state index in [0.29, 0.717) is 5.57 Å². The van der Waals surface area contributed by atoms with Gasteiger partial charge in [0.25, 0.3) is 0 Å². The number of carboxylic acid groups (broad SMARTS) is 1. The second-order valence-electron chi connectivity index (χ2n) is 2.61. The summed E-state index contributed by atoms with van der Waals surface area (Å²) in [7, 11) is 0. The van der Waals surface area contributed by atoms with Crippen LogP contribution in [0.1, 0.15) is 6.92 Å². The lowest BCUT2D eigenvalue weighted by Crippen LogP contribution is -2.20. The number of hydrogen-bond acceptors (Lipinski definition) is 2. The van der Waals surface area contributed by atoms with Gasteiger partial charge in [-0.3, -0.25) is 0 Å². The fourth-order valence-corrected chi connectivity index (χ4v) is 1.68. The molecule has 1 N–H and O–H groups in total. The van der Waals surface area contributed by atoms with E-state index in [2.05, 4.69) is 29.2 Å². The van der Waals surface area contributed by atoms with Gasteiger partial charge in [-0.05, 0) is 35.6 Å². The molecule has 0 saturated heterocycles. The van der Waals surface area contributed by atoms with E-state index in [4.69, 9.17) is 5.11 Å². The highest BCUT2D eigenvalue weighted by atomic mass is 127. The Labute approximate surface area is 90.6 Å². The first-order valence-electron chi connectivity index (χ1n) is 3.84. The summed E-state index contributed by atoms with van der Waals surface area (Å²) in [6, 6.07) is 0. The predicted octanol–water partition coefficient (Wildman–Crippen LogP) is 2.12. The van der Waals surface area contributed by atoms with Crippen LogP contribution in [0.4, 0.5) is 0 Å². The molecular weight excluding hydrogens is 281 g/mol. The number of nitrogens with zero attached hydrogens (tertiary/aromatic N) is 1. The fourth-order valence-electron chi connectivity index (χ4n) is 1.04. The largest absolute Gasteiger partial charge is 0.478 e. The van der Waals surface area contributed by atoms with Crippen LogP contribution in [0, 0.1) is 0 Å². The third kappa shape index (κ3) is 2.12. The van der Waals surface area contributed by atoms with Crippen molar-refractivity contribution in [1.29, 1.82) is 0 Å². The molecule has 0 unspecified atom stereocenters. The van der Waals surface area contributed by atoms with Crippen molar-refractivity contribution in [3.05, 3.63) is 33.7 Å². The summed E-state index contributed by atoms with van der Waals surface area (Å²) in [5.74, 6) is -0.903. The summed E-state index contributed by atoms with van der Waals surface area (Å²) < 4.78 is 0.874. The first kappa shape index (κ1) is 10.3. The summed E-state index contributed by atoms with van der Waals surface area (Å²) in [6.45, 7) is 6.54. The van der Waals surface area contributed by atoms with Crippen LogP contribution in [-0.4, -0.2) is 22.5 Å². The molecule has 3 nitrogen and oxygen atoms in total. The molecule has 1 aliphatic rings. The molecule has 0 saturated carbocycles. The normalized spacial score (nSPS) is 16.8. The zero-order valence-electron chi connectivity index (χ0n) is 7.25. The first-order valence-corrected chi connectivity index (χ1v) is 4.92. The van der Waals surface area contributed by atoms with E-state index in [0.717, 1.165) is 15.8 Å². The Hall–Kier alpha value is -0.780. The van der Waals surface area contributed by atoms with Crippen LogP contribution >= 0.6 is 22.6 Å². The van der Waals surface area contributed by atoms with Gasteiger partial charge in [-0.2, -0.15) is 0 Å². The van der Waals surface area contributed by atoms with Gasteiger partial charge in [0, 0.05) is 22.0 Å². The Morgan fingerprint density at radius 2 is 2.38 bits per heavy atom. The standard InChI is InChI=1S/C9H10INO2/c1-3-11-5-7(9(12)13)4-8(10)6(11)2/h4-5H,2-3H2,1H3,(H,12,13). The van der Waals surface area contributed by atoms with Gasteiger partial charge in [0.2, 0.25) is 0 Å². The Morgan fingerprint density at radius 1 is 1.77 bits per heavy atom. The fraction of sp³-hybridized carbons (Fsp3) is 0.222. The van der Waals surface area contributed by atoms with E-state index in [1.165, 1.54) is 0 Å². The molecule has 0 atom stereocenters. The second-order valence-corrected chi connectivity index (χ2v) is 3.78. The number of aliphatic carboxylic acids is 1. The minimum absolute atomic E-state index is 0.304. The van der Waals surface area contributed by atoms with Crippen molar-refractivity contribution in [3.8, 4) is 0 Å². The Kier molecular flexibility index (Phi) is 3.13. The number of halogens is 1. The Morgan fingerprint density at radius 3 is 2.85 bits per heavy atom. The monoisotopic (exact) mass is 291 g/mol. The van der Waals surface area contributed by atoms with E-state index in [1.54, 1.807) is 12.3 Å². The molecule has 0 fully saturated rings. The van der Waals surface area contributed by atoms with Crippen molar-refractivity contribution in [3.63, 3.8) is 0 Å². The summed E-state index contributed by atoms with van der Waals surface area (Å²) >= 11 is 2.09. The molecule has 0 amide bonds. The molecule has 4 heteroatoms. The van der Waals surface area contributed by atoms with Crippen LogP contribution in [0.3, 0.4) is 0 Å². The minimum atomic E-state index is -0.903. The van der Waals surface area contributed by atoms with Crippen LogP contribution in [0.15, 0.2) is 33.7 Å². The zero-order chi connectivity index (χ0) is 10.0. The second kappa shape index (κ2) is 3.95. The predicted molar refractivity (Wildman–Crippen MR) is 59.3 cm³/mol. The molecule has 0 aromatic rings. The average molecular weight is 291 g/mol. The average Bonchev–Trinajstić information content (AvgIpc) is 2.09. The van der Waals surface area contributed by atoms with Crippen molar-refractivity contribution in [1.82, 2.24) is 4.90 Å². The van der Waals surface area contributed by atoms with Gasteiger partial charge in [-0.15, -0.1) is 0 Å². The molecule has 1 aliphatic heterocycles. The smallest absolute Gasteiger partial charge is 0.337 e. The first-order chi connectivity index (χ1) is 6.06. The van der Waals surface area contributed by atoms with Crippen molar-refractivity contribution in [2.75, 3.05) is 6.54 Å². The third-order valence-electron chi connectivity index (χ3n) is 1.79. The maximum atomic E-state index is 10.7. The molecule has 1 heterocycles.